The van der Waals surface area contributed by atoms with Gasteiger partial charge < -0.3 is 10.6 Å². The molecule has 0 aliphatic carbocycles. The summed E-state index contributed by atoms with van der Waals surface area (Å²) < 4.78 is 0. The summed E-state index contributed by atoms with van der Waals surface area (Å²) in [5, 5.41) is 6.32. The second-order valence-corrected chi connectivity index (χ2v) is 6.52. The Labute approximate surface area is 166 Å². The van der Waals surface area contributed by atoms with Crippen molar-refractivity contribution in [2.75, 3.05) is 5.32 Å². The van der Waals surface area contributed by atoms with Gasteiger partial charge in [0.25, 0.3) is 11.8 Å². The van der Waals surface area contributed by atoms with Crippen molar-refractivity contribution in [3.8, 4) is 0 Å². The van der Waals surface area contributed by atoms with Crippen molar-refractivity contribution >= 4 is 40.7 Å². The zero-order chi connectivity index (χ0) is 19.2. The van der Waals surface area contributed by atoms with E-state index in [1.165, 1.54) is 12.3 Å². The van der Waals surface area contributed by atoms with Crippen LogP contribution in [0.3, 0.4) is 0 Å². The third-order valence-corrected chi connectivity index (χ3v) is 4.51. The Balaban J connectivity index is 1.57. The molecule has 27 heavy (non-hydrogen) atoms. The summed E-state index contributed by atoms with van der Waals surface area (Å²) in [6.07, 6.45) is 3.12. The van der Waals surface area contributed by atoms with E-state index in [1.54, 1.807) is 42.6 Å². The first kappa shape index (κ1) is 18.9. The topological polar surface area (TPSA) is 71.1 Å². The van der Waals surface area contributed by atoms with Crippen LogP contribution >= 0.6 is 23.2 Å². The molecular formula is C20H15Cl2N3O2. The van der Waals surface area contributed by atoms with Crippen LogP contribution < -0.4 is 10.6 Å². The van der Waals surface area contributed by atoms with Gasteiger partial charge in [-0.25, -0.2) is 0 Å². The Kier molecular flexibility index (Phi) is 6.06. The number of carbonyl (C=O) groups excluding carboxylic acids is 2. The van der Waals surface area contributed by atoms with Gasteiger partial charge in [0.2, 0.25) is 0 Å². The summed E-state index contributed by atoms with van der Waals surface area (Å²) in [7, 11) is 0. The molecule has 5 nitrogen and oxygen atoms in total. The molecule has 0 aliphatic rings. The van der Waals surface area contributed by atoms with Gasteiger partial charge in [-0.15, -0.1) is 0 Å². The summed E-state index contributed by atoms with van der Waals surface area (Å²) in [4.78, 5) is 28.2. The molecule has 0 saturated heterocycles. The standard InChI is InChI=1S/C20H15Cl2N3O2/c21-17-8-5-14(10-18(17)22)20(27)25-16-6-3-13(4-7-16)11-24-19(26)15-2-1-9-23-12-15/h1-10,12H,11H2,(H,24,26)(H,25,27). The minimum absolute atomic E-state index is 0.194. The van der Waals surface area contributed by atoms with Gasteiger partial charge in [0.05, 0.1) is 15.6 Å². The predicted molar refractivity (Wildman–Crippen MR) is 106 cm³/mol. The summed E-state index contributed by atoms with van der Waals surface area (Å²) in [5.74, 6) is -0.480. The molecule has 0 aliphatic heterocycles. The fourth-order valence-electron chi connectivity index (χ4n) is 2.33. The van der Waals surface area contributed by atoms with Gasteiger partial charge in [-0.2, -0.15) is 0 Å². The normalized spacial score (nSPS) is 10.3. The van der Waals surface area contributed by atoms with E-state index in [2.05, 4.69) is 15.6 Å². The molecule has 1 heterocycles. The van der Waals surface area contributed by atoms with Gasteiger partial charge >= 0.3 is 0 Å². The first-order valence-electron chi connectivity index (χ1n) is 8.06. The van der Waals surface area contributed by atoms with Crippen LogP contribution in [0.1, 0.15) is 26.3 Å². The third kappa shape index (κ3) is 5.06. The van der Waals surface area contributed by atoms with Crippen molar-refractivity contribution in [1.82, 2.24) is 10.3 Å². The third-order valence-electron chi connectivity index (χ3n) is 3.77. The smallest absolute Gasteiger partial charge is 0.255 e. The lowest BCUT2D eigenvalue weighted by Crippen LogP contribution is -2.22. The number of carbonyl (C=O) groups is 2. The number of hydrogen-bond donors (Lipinski definition) is 2. The zero-order valence-electron chi connectivity index (χ0n) is 14.1. The average molecular weight is 400 g/mol. The van der Waals surface area contributed by atoms with Crippen molar-refractivity contribution in [3.63, 3.8) is 0 Å². The molecule has 3 aromatic rings. The molecule has 136 valence electrons. The highest BCUT2D eigenvalue weighted by Gasteiger charge is 2.09. The van der Waals surface area contributed by atoms with Gasteiger partial charge in [0, 0.05) is 30.2 Å². The second kappa shape index (κ2) is 8.66. The van der Waals surface area contributed by atoms with Crippen molar-refractivity contribution in [3.05, 3.63) is 93.7 Å². The van der Waals surface area contributed by atoms with Crippen LogP contribution in [-0.2, 0) is 6.54 Å². The zero-order valence-corrected chi connectivity index (χ0v) is 15.6. The van der Waals surface area contributed by atoms with E-state index in [4.69, 9.17) is 23.2 Å². The number of halogens is 2. The maximum absolute atomic E-state index is 12.3. The lowest BCUT2D eigenvalue weighted by Gasteiger charge is -2.08. The van der Waals surface area contributed by atoms with Crippen LogP contribution in [0, 0.1) is 0 Å². The molecule has 0 atom stereocenters. The molecule has 3 rings (SSSR count). The Morgan fingerprint density at radius 3 is 2.33 bits per heavy atom. The summed E-state index contributed by atoms with van der Waals surface area (Å²) in [6, 6.07) is 15.3. The number of pyridine rings is 1. The molecular weight excluding hydrogens is 385 g/mol. The van der Waals surface area contributed by atoms with Crippen LogP contribution in [0.15, 0.2) is 67.0 Å². The monoisotopic (exact) mass is 399 g/mol. The average Bonchev–Trinajstić information content (AvgIpc) is 2.70. The fraction of sp³-hybridized carbons (Fsp3) is 0.0500. The van der Waals surface area contributed by atoms with Gasteiger partial charge in [0.1, 0.15) is 0 Å². The maximum Gasteiger partial charge on any atom is 0.255 e. The van der Waals surface area contributed by atoms with Crippen molar-refractivity contribution in [2.45, 2.75) is 6.54 Å². The number of nitrogens with zero attached hydrogens (tertiary/aromatic N) is 1. The first-order valence-corrected chi connectivity index (χ1v) is 8.82. The number of aromatic nitrogens is 1. The molecule has 0 radical (unpaired) electrons. The Morgan fingerprint density at radius 2 is 1.67 bits per heavy atom. The molecule has 2 N–H and O–H groups in total. The molecule has 1 aromatic heterocycles. The van der Waals surface area contributed by atoms with E-state index in [1.807, 2.05) is 12.1 Å². The first-order chi connectivity index (χ1) is 13.0. The molecule has 7 heteroatoms. The molecule has 0 spiro atoms. The van der Waals surface area contributed by atoms with E-state index in [-0.39, 0.29) is 11.8 Å². The van der Waals surface area contributed by atoms with Crippen molar-refractivity contribution in [1.29, 1.82) is 0 Å². The molecule has 0 bridgehead atoms. The molecule has 2 amide bonds. The molecule has 0 unspecified atom stereocenters. The quantitative estimate of drug-likeness (QED) is 0.659. The van der Waals surface area contributed by atoms with Gasteiger partial charge in [0.15, 0.2) is 0 Å². The number of nitrogens with one attached hydrogen (secondary N) is 2. The SMILES string of the molecule is O=C(NCc1ccc(NC(=O)c2ccc(Cl)c(Cl)c2)cc1)c1cccnc1. The van der Waals surface area contributed by atoms with Crippen LogP contribution in [0.25, 0.3) is 0 Å². The van der Waals surface area contributed by atoms with E-state index in [9.17, 15) is 9.59 Å². The maximum atomic E-state index is 12.3. The fourth-order valence-corrected chi connectivity index (χ4v) is 2.63. The van der Waals surface area contributed by atoms with Gasteiger partial charge in [-0.3, -0.25) is 14.6 Å². The second-order valence-electron chi connectivity index (χ2n) is 5.70. The predicted octanol–water partition coefficient (Wildman–Crippen LogP) is 4.57. The number of anilines is 1. The molecule has 0 saturated carbocycles. The van der Waals surface area contributed by atoms with Crippen molar-refractivity contribution < 1.29 is 9.59 Å². The highest BCUT2D eigenvalue weighted by molar-refractivity contribution is 6.42. The Morgan fingerprint density at radius 1 is 0.889 bits per heavy atom. The van der Waals surface area contributed by atoms with Gasteiger partial charge in [-0.1, -0.05) is 35.3 Å². The highest BCUT2D eigenvalue weighted by Crippen LogP contribution is 2.23. The summed E-state index contributed by atoms with van der Waals surface area (Å²) in [6.45, 7) is 0.370. The Bertz CT molecular complexity index is 961. The van der Waals surface area contributed by atoms with E-state index in [0.717, 1.165) is 5.56 Å². The van der Waals surface area contributed by atoms with E-state index < -0.39 is 0 Å². The van der Waals surface area contributed by atoms with Gasteiger partial charge in [-0.05, 0) is 48.0 Å². The van der Waals surface area contributed by atoms with Crippen LogP contribution in [0.5, 0.6) is 0 Å². The molecule has 2 aromatic carbocycles. The van der Waals surface area contributed by atoms with E-state index >= 15 is 0 Å². The van der Waals surface area contributed by atoms with E-state index in [0.29, 0.717) is 33.4 Å². The number of rotatable bonds is 5. The number of hydrogen-bond acceptors (Lipinski definition) is 3. The minimum Gasteiger partial charge on any atom is -0.348 e. The van der Waals surface area contributed by atoms with Crippen LogP contribution in [-0.4, -0.2) is 16.8 Å². The number of benzene rings is 2. The largest absolute Gasteiger partial charge is 0.348 e. The summed E-state index contributed by atoms with van der Waals surface area (Å²) >= 11 is 11.8. The lowest BCUT2D eigenvalue weighted by atomic mass is 10.1. The summed E-state index contributed by atoms with van der Waals surface area (Å²) in [5.41, 5.74) is 2.45. The van der Waals surface area contributed by atoms with Crippen LogP contribution in [0.2, 0.25) is 10.0 Å². The Hall–Kier alpha value is -2.89. The van der Waals surface area contributed by atoms with Crippen LogP contribution in [0.4, 0.5) is 5.69 Å². The number of amides is 2. The van der Waals surface area contributed by atoms with Crippen molar-refractivity contribution in [2.24, 2.45) is 0 Å². The minimum atomic E-state index is -0.286. The molecule has 0 fully saturated rings. The highest BCUT2D eigenvalue weighted by atomic mass is 35.5. The lowest BCUT2D eigenvalue weighted by molar-refractivity contribution is 0.0949.